The third-order valence-corrected chi connectivity index (χ3v) is 13.4. The van der Waals surface area contributed by atoms with Gasteiger partial charge in [0, 0.05) is 12.8 Å². The summed E-state index contributed by atoms with van der Waals surface area (Å²) in [6.07, 6.45) is 13.3. The summed E-state index contributed by atoms with van der Waals surface area (Å²) in [4.78, 5) is 120. The average Bonchev–Trinajstić information content (AvgIpc) is 3.37. The van der Waals surface area contributed by atoms with Gasteiger partial charge < -0.3 is 64.2 Å². The fourth-order valence-corrected chi connectivity index (χ4v) is 8.19. The van der Waals surface area contributed by atoms with Crippen molar-refractivity contribution in [2.24, 2.45) is 29.2 Å². The van der Waals surface area contributed by atoms with E-state index in [0.29, 0.717) is 44.2 Å². The van der Waals surface area contributed by atoms with Crippen LogP contribution in [0, 0.1) is 17.8 Å². The fourth-order valence-electron chi connectivity index (χ4n) is 8.19. The van der Waals surface area contributed by atoms with Crippen molar-refractivity contribution in [2.75, 3.05) is 19.6 Å². The Morgan fingerprint density at radius 1 is 0.507 bits per heavy atom. The lowest BCUT2D eigenvalue weighted by Gasteiger charge is -2.30. The smallest absolute Gasteiger partial charge is 0.245 e. The van der Waals surface area contributed by atoms with Gasteiger partial charge in [0.15, 0.2) is 0 Å². The second-order valence-corrected chi connectivity index (χ2v) is 20.3. The van der Waals surface area contributed by atoms with Crippen molar-refractivity contribution in [3.05, 3.63) is 29.8 Å². The number of aromatic hydroxyl groups is 1. The number of aliphatic hydroxyl groups is 1. The Balaban J connectivity index is 3.08. The maximum Gasteiger partial charge on any atom is 0.245 e. The molecule has 21 nitrogen and oxygen atoms in total. The predicted molar refractivity (Wildman–Crippen MR) is 288 cm³/mol. The molecule has 0 aliphatic heterocycles. The minimum atomic E-state index is -1.67. The summed E-state index contributed by atoms with van der Waals surface area (Å²) in [6, 6.07) is -1.80. The molecule has 0 bridgehead atoms. The summed E-state index contributed by atoms with van der Waals surface area (Å²) in [5.74, 6) is -7.71. The highest BCUT2D eigenvalue weighted by Crippen LogP contribution is 2.15. The molecule has 1 aromatic carbocycles. The summed E-state index contributed by atoms with van der Waals surface area (Å²) >= 11 is 0. The molecular weight excluding hydrogens is 965 g/mol. The van der Waals surface area contributed by atoms with Crippen LogP contribution >= 0.6 is 0 Å². The van der Waals surface area contributed by atoms with Crippen LogP contribution in [0.15, 0.2) is 24.3 Å². The standard InChI is InChI=1S/C54H94N10O11/c1-9-12-13-14-15-16-17-18-19-20-21-25-42(67)57-32-44(69)61-47(36(7)11-3)53(74)62-45(34(4)5)52(73)64-48(37(8)65)54(75)60-41(31-38-26-28-39(66)29-27-38)50(71)58-33-43(68)59-40(24-22-23-30-55)51(72)63-46(49(56)70)35(6)10-2/h26-29,34-37,40-41,45-48,65-66H,9-25,30-33,55H2,1-8H3,(H2,56,70)(H,57,67)(H,58,71)(H,59,68)(H,60,75)(H,61,69)(H,62,74)(H,63,72)(H,64,73)/t35-,36-,37+,40-,41-,45-,46-,47-,48-/m0/s1. The Bertz CT molecular complexity index is 1920. The highest BCUT2D eigenvalue weighted by molar-refractivity contribution is 5.97. The van der Waals surface area contributed by atoms with E-state index in [0.717, 1.165) is 19.3 Å². The maximum atomic E-state index is 14.0. The Labute approximate surface area is 445 Å². The first-order valence-electron chi connectivity index (χ1n) is 27.4. The number of carbonyl (C=O) groups excluding carboxylic acids is 9. The van der Waals surface area contributed by atoms with Crippen molar-refractivity contribution in [3.8, 4) is 5.75 Å². The molecule has 0 heterocycles. The number of rotatable bonds is 40. The van der Waals surface area contributed by atoms with Crippen LogP contribution in [0.3, 0.4) is 0 Å². The van der Waals surface area contributed by atoms with Crippen LogP contribution in [0.25, 0.3) is 0 Å². The third-order valence-electron chi connectivity index (χ3n) is 13.4. The van der Waals surface area contributed by atoms with Gasteiger partial charge in [-0.1, -0.05) is 138 Å². The molecule has 21 heteroatoms. The molecule has 0 fully saturated rings. The van der Waals surface area contributed by atoms with Crippen LogP contribution in [0.4, 0.5) is 0 Å². The molecule has 426 valence electrons. The van der Waals surface area contributed by atoms with Gasteiger partial charge in [0.1, 0.15) is 42.0 Å². The molecule has 0 radical (unpaired) electrons. The van der Waals surface area contributed by atoms with Crippen molar-refractivity contribution < 1.29 is 53.4 Å². The fraction of sp³-hybridized carbons (Fsp3) is 0.722. The van der Waals surface area contributed by atoms with Gasteiger partial charge in [-0.05, 0) is 74.6 Å². The molecule has 0 saturated heterocycles. The SMILES string of the molecule is CCCCCCCCCCCCCC(=O)NCC(=O)N[C@H](C(=O)N[C@H](C(=O)N[C@H](C(=O)N[C@@H](Cc1ccc(O)cc1)C(=O)NCC(=O)N[C@@H](CCCCN)C(=O)N[C@H](C(N)=O)[C@@H](C)CC)[C@@H](C)O)C(C)C)[C@@H](C)CC. The van der Waals surface area contributed by atoms with Crippen molar-refractivity contribution in [2.45, 2.75) is 213 Å². The van der Waals surface area contributed by atoms with E-state index in [1.165, 1.54) is 76.1 Å². The number of carbonyl (C=O) groups is 9. The summed E-state index contributed by atoms with van der Waals surface area (Å²) in [5.41, 5.74) is 11.7. The first kappa shape index (κ1) is 67.2. The highest BCUT2D eigenvalue weighted by atomic mass is 16.3. The van der Waals surface area contributed by atoms with Crippen LogP contribution in [0.2, 0.25) is 0 Å². The molecule has 0 aliphatic rings. The number of phenolic OH excluding ortho intramolecular Hbond substituents is 1. The molecule has 14 N–H and O–H groups in total. The number of hydrogen-bond donors (Lipinski definition) is 12. The number of benzene rings is 1. The average molecular weight is 1060 g/mol. The zero-order valence-corrected chi connectivity index (χ0v) is 46.2. The summed E-state index contributed by atoms with van der Waals surface area (Å²) in [7, 11) is 0. The van der Waals surface area contributed by atoms with Crippen molar-refractivity contribution in [1.82, 2.24) is 42.5 Å². The van der Waals surface area contributed by atoms with E-state index in [9.17, 15) is 53.4 Å². The van der Waals surface area contributed by atoms with Crippen LogP contribution in [0.5, 0.6) is 5.75 Å². The van der Waals surface area contributed by atoms with E-state index in [1.54, 1.807) is 27.7 Å². The number of primary amides is 1. The van der Waals surface area contributed by atoms with E-state index in [-0.39, 0.29) is 43.4 Å². The summed E-state index contributed by atoms with van der Waals surface area (Å²) < 4.78 is 0. The van der Waals surface area contributed by atoms with Crippen molar-refractivity contribution in [3.63, 3.8) is 0 Å². The van der Waals surface area contributed by atoms with E-state index < -0.39 is 108 Å². The number of hydrogen-bond acceptors (Lipinski definition) is 12. The Kier molecular flexibility index (Phi) is 33.9. The van der Waals surface area contributed by atoms with E-state index in [2.05, 4.69) is 49.5 Å². The second-order valence-electron chi connectivity index (χ2n) is 20.3. The Morgan fingerprint density at radius 2 is 1.00 bits per heavy atom. The normalized spacial score (nSPS) is 14.8. The van der Waals surface area contributed by atoms with Gasteiger partial charge in [0.05, 0.1) is 19.2 Å². The van der Waals surface area contributed by atoms with Gasteiger partial charge in [0.25, 0.3) is 0 Å². The van der Waals surface area contributed by atoms with Gasteiger partial charge in [-0.3, -0.25) is 43.2 Å². The molecule has 0 spiro atoms. The minimum absolute atomic E-state index is 0.0629. The van der Waals surface area contributed by atoms with Gasteiger partial charge in [-0.2, -0.15) is 0 Å². The zero-order chi connectivity index (χ0) is 56.5. The summed E-state index contributed by atoms with van der Waals surface area (Å²) in [5, 5.41) is 41.4. The number of unbranched alkanes of at least 4 members (excludes halogenated alkanes) is 11. The van der Waals surface area contributed by atoms with Crippen molar-refractivity contribution >= 4 is 53.2 Å². The van der Waals surface area contributed by atoms with Gasteiger partial charge in [-0.25, -0.2) is 0 Å². The van der Waals surface area contributed by atoms with Crippen LogP contribution < -0.4 is 54.0 Å². The number of nitrogens with two attached hydrogens (primary N) is 2. The molecule has 0 unspecified atom stereocenters. The third kappa shape index (κ3) is 27.5. The maximum absolute atomic E-state index is 14.0. The molecule has 1 rings (SSSR count). The highest BCUT2D eigenvalue weighted by Gasteiger charge is 2.36. The lowest BCUT2D eigenvalue weighted by atomic mass is 9.96. The predicted octanol–water partition coefficient (Wildman–Crippen LogP) is 2.52. The quantitative estimate of drug-likeness (QED) is 0.0422. The van der Waals surface area contributed by atoms with E-state index in [1.807, 2.05) is 13.8 Å². The molecule has 0 aromatic heterocycles. The summed E-state index contributed by atoms with van der Waals surface area (Å²) in [6.45, 7) is 13.3. The molecule has 9 amide bonds. The van der Waals surface area contributed by atoms with Crippen LogP contribution in [-0.2, 0) is 49.6 Å². The minimum Gasteiger partial charge on any atom is -0.508 e. The van der Waals surface area contributed by atoms with E-state index >= 15 is 0 Å². The molecule has 75 heavy (non-hydrogen) atoms. The van der Waals surface area contributed by atoms with Gasteiger partial charge in [-0.15, -0.1) is 0 Å². The molecule has 0 saturated carbocycles. The molecular formula is C54H94N10O11. The number of amides is 9. The van der Waals surface area contributed by atoms with Gasteiger partial charge in [0.2, 0.25) is 53.2 Å². The van der Waals surface area contributed by atoms with E-state index in [4.69, 9.17) is 11.5 Å². The monoisotopic (exact) mass is 1060 g/mol. The number of aliphatic hydroxyl groups excluding tert-OH is 1. The van der Waals surface area contributed by atoms with Crippen molar-refractivity contribution in [1.29, 1.82) is 0 Å². The lowest BCUT2D eigenvalue weighted by molar-refractivity contribution is -0.137. The van der Waals surface area contributed by atoms with Gasteiger partial charge >= 0.3 is 0 Å². The first-order chi connectivity index (χ1) is 35.6. The number of phenols is 1. The Hall–Kier alpha value is -5.83. The molecule has 1 aromatic rings. The van der Waals surface area contributed by atoms with Crippen LogP contribution in [0.1, 0.15) is 170 Å². The second kappa shape index (κ2) is 37.8. The molecule has 9 atom stereocenters. The lowest BCUT2D eigenvalue weighted by Crippen LogP contribution is -2.62. The molecule has 0 aliphatic carbocycles. The Morgan fingerprint density at radius 3 is 1.53 bits per heavy atom. The zero-order valence-electron chi connectivity index (χ0n) is 46.2. The topological polar surface area (TPSA) is 342 Å². The first-order valence-corrected chi connectivity index (χ1v) is 27.4. The number of nitrogens with one attached hydrogen (secondary N) is 8. The largest absolute Gasteiger partial charge is 0.508 e. The van der Waals surface area contributed by atoms with Crippen LogP contribution in [-0.4, -0.2) is 125 Å².